The van der Waals surface area contributed by atoms with Crippen LogP contribution in [0.5, 0.6) is 0 Å². The summed E-state index contributed by atoms with van der Waals surface area (Å²) in [6.45, 7) is 0.689. The molecule has 8 heteroatoms. The van der Waals surface area contributed by atoms with Crippen LogP contribution in [0.25, 0.3) is 0 Å². The third kappa shape index (κ3) is 4.75. The number of halogens is 2. The van der Waals surface area contributed by atoms with E-state index in [4.69, 9.17) is 5.21 Å². The molecule has 1 aliphatic rings. The van der Waals surface area contributed by atoms with Gasteiger partial charge in [0.25, 0.3) is 18.2 Å². The second-order valence-electron chi connectivity index (χ2n) is 6.03. The van der Waals surface area contributed by atoms with Crippen molar-refractivity contribution in [2.24, 2.45) is 5.92 Å². The first-order valence-corrected chi connectivity index (χ1v) is 7.62. The standard InChI is InChI=1S/C17H18F2N2O4/c1-17(24,16(18)19)13(15(23)21-25)20-14(22)12-8-6-11(7-9-12)5-4-10-2-3-10/h6-10,13,16,24-25H,2-3H2,1H3,(H,20,22)(H,21,23)/t13-,17-/m0/s1. The summed E-state index contributed by atoms with van der Waals surface area (Å²) in [6, 6.07) is 4.00. The lowest BCUT2D eigenvalue weighted by Gasteiger charge is -2.30. The maximum absolute atomic E-state index is 12.9. The summed E-state index contributed by atoms with van der Waals surface area (Å²) in [5.74, 6) is 4.24. The predicted octanol–water partition coefficient (Wildman–Crippen LogP) is 1.07. The Morgan fingerprint density at radius 1 is 1.28 bits per heavy atom. The highest BCUT2D eigenvalue weighted by Gasteiger charge is 2.46. The number of rotatable bonds is 5. The Labute approximate surface area is 143 Å². The second kappa shape index (κ2) is 7.59. The minimum atomic E-state index is -3.32. The largest absolute Gasteiger partial charge is 0.381 e. The van der Waals surface area contributed by atoms with Crippen LogP contribution in [-0.4, -0.2) is 40.2 Å². The van der Waals surface area contributed by atoms with Crippen LogP contribution in [0.4, 0.5) is 8.78 Å². The molecule has 0 radical (unpaired) electrons. The van der Waals surface area contributed by atoms with E-state index in [9.17, 15) is 23.5 Å². The van der Waals surface area contributed by atoms with Gasteiger partial charge in [-0.2, -0.15) is 0 Å². The summed E-state index contributed by atoms with van der Waals surface area (Å²) in [5.41, 5.74) is -0.906. The Morgan fingerprint density at radius 3 is 2.36 bits per heavy atom. The van der Waals surface area contributed by atoms with Crippen LogP contribution >= 0.6 is 0 Å². The molecule has 0 saturated heterocycles. The summed E-state index contributed by atoms with van der Waals surface area (Å²) in [4.78, 5) is 23.7. The Morgan fingerprint density at radius 2 is 1.88 bits per heavy atom. The fraction of sp³-hybridized carbons (Fsp3) is 0.412. The first-order chi connectivity index (χ1) is 11.8. The summed E-state index contributed by atoms with van der Waals surface area (Å²) in [6.07, 6.45) is -1.15. The molecule has 0 spiro atoms. The van der Waals surface area contributed by atoms with E-state index in [2.05, 4.69) is 11.8 Å². The zero-order valence-electron chi connectivity index (χ0n) is 13.4. The second-order valence-corrected chi connectivity index (χ2v) is 6.03. The van der Waals surface area contributed by atoms with Crippen molar-refractivity contribution < 1.29 is 28.7 Å². The molecule has 1 aromatic carbocycles. The van der Waals surface area contributed by atoms with E-state index in [1.165, 1.54) is 12.1 Å². The zero-order chi connectivity index (χ0) is 18.6. The van der Waals surface area contributed by atoms with E-state index >= 15 is 0 Å². The molecule has 0 bridgehead atoms. The van der Waals surface area contributed by atoms with Gasteiger partial charge < -0.3 is 10.4 Å². The molecule has 6 nitrogen and oxygen atoms in total. The van der Waals surface area contributed by atoms with Crippen LogP contribution in [-0.2, 0) is 4.79 Å². The third-order valence-electron chi connectivity index (χ3n) is 3.82. The number of aliphatic hydroxyl groups is 1. The molecule has 1 aliphatic carbocycles. The molecule has 1 aromatic rings. The van der Waals surface area contributed by atoms with E-state index < -0.39 is 29.9 Å². The van der Waals surface area contributed by atoms with Gasteiger partial charge in [-0.1, -0.05) is 11.8 Å². The Kier molecular flexibility index (Phi) is 5.72. The SMILES string of the molecule is C[C@@](O)(C(F)F)[C@@H](NC(=O)c1ccc(C#CC2CC2)cc1)C(=O)NO. The summed E-state index contributed by atoms with van der Waals surface area (Å²) < 4.78 is 25.9. The molecule has 4 N–H and O–H groups in total. The molecule has 0 aromatic heterocycles. The lowest BCUT2D eigenvalue weighted by molar-refractivity contribution is -0.149. The quantitative estimate of drug-likeness (QED) is 0.362. The summed E-state index contributed by atoms with van der Waals surface area (Å²) in [7, 11) is 0. The lowest BCUT2D eigenvalue weighted by Crippen LogP contribution is -2.61. The van der Waals surface area contributed by atoms with Crippen LogP contribution in [0.15, 0.2) is 24.3 Å². The minimum absolute atomic E-state index is 0.0952. The molecule has 0 aliphatic heterocycles. The van der Waals surface area contributed by atoms with Crippen molar-refractivity contribution in [2.45, 2.75) is 37.8 Å². The molecule has 25 heavy (non-hydrogen) atoms. The monoisotopic (exact) mass is 352 g/mol. The molecular formula is C17H18F2N2O4. The van der Waals surface area contributed by atoms with Gasteiger partial charge in [-0.15, -0.1) is 0 Å². The Balaban J connectivity index is 2.12. The molecule has 2 amide bonds. The number of hydroxylamine groups is 1. The third-order valence-corrected chi connectivity index (χ3v) is 3.82. The number of carbonyl (C=O) groups is 2. The van der Waals surface area contributed by atoms with Crippen molar-refractivity contribution in [2.75, 3.05) is 0 Å². The molecule has 2 rings (SSSR count). The predicted molar refractivity (Wildman–Crippen MR) is 83.9 cm³/mol. The number of hydrogen-bond donors (Lipinski definition) is 4. The number of amides is 2. The molecule has 134 valence electrons. The number of alkyl halides is 2. The van der Waals surface area contributed by atoms with E-state index in [-0.39, 0.29) is 5.56 Å². The molecule has 1 saturated carbocycles. The molecule has 0 heterocycles. The van der Waals surface area contributed by atoms with Crippen LogP contribution in [0, 0.1) is 17.8 Å². The van der Waals surface area contributed by atoms with Crippen molar-refractivity contribution in [3.05, 3.63) is 35.4 Å². The van der Waals surface area contributed by atoms with Crippen LogP contribution in [0.2, 0.25) is 0 Å². The lowest BCUT2D eigenvalue weighted by atomic mass is 9.95. The molecule has 2 atom stereocenters. The zero-order valence-corrected chi connectivity index (χ0v) is 13.4. The first-order valence-electron chi connectivity index (χ1n) is 7.62. The van der Waals surface area contributed by atoms with Crippen molar-refractivity contribution in [3.63, 3.8) is 0 Å². The number of nitrogens with one attached hydrogen (secondary N) is 2. The maximum Gasteiger partial charge on any atom is 0.269 e. The smallest absolute Gasteiger partial charge is 0.269 e. The fourth-order valence-corrected chi connectivity index (χ4v) is 2.00. The van der Waals surface area contributed by atoms with E-state index in [1.54, 1.807) is 12.1 Å². The van der Waals surface area contributed by atoms with Gasteiger partial charge in [0.05, 0.1) is 0 Å². The van der Waals surface area contributed by atoms with Crippen molar-refractivity contribution >= 4 is 11.8 Å². The molecule has 1 fully saturated rings. The highest BCUT2D eigenvalue weighted by atomic mass is 19.3. The van der Waals surface area contributed by atoms with E-state index in [1.807, 2.05) is 5.32 Å². The van der Waals surface area contributed by atoms with Gasteiger partial charge in [0.2, 0.25) is 0 Å². The van der Waals surface area contributed by atoms with Crippen molar-refractivity contribution in [1.82, 2.24) is 10.8 Å². The van der Waals surface area contributed by atoms with Crippen LogP contribution in [0.1, 0.15) is 35.7 Å². The van der Waals surface area contributed by atoms with Crippen molar-refractivity contribution in [1.29, 1.82) is 0 Å². The number of carbonyl (C=O) groups excluding carboxylic acids is 2. The van der Waals surface area contributed by atoms with Gasteiger partial charge in [-0.3, -0.25) is 14.8 Å². The minimum Gasteiger partial charge on any atom is -0.381 e. The van der Waals surface area contributed by atoms with Crippen LogP contribution in [0.3, 0.4) is 0 Å². The highest BCUT2D eigenvalue weighted by molar-refractivity contribution is 5.97. The van der Waals surface area contributed by atoms with Gasteiger partial charge >= 0.3 is 0 Å². The summed E-state index contributed by atoms with van der Waals surface area (Å²) in [5, 5.41) is 20.4. The number of benzene rings is 1. The van der Waals surface area contributed by atoms with Crippen molar-refractivity contribution in [3.8, 4) is 11.8 Å². The van der Waals surface area contributed by atoms with Gasteiger partial charge in [0, 0.05) is 17.0 Å². The van der Waals surface area contributed by atoms with Gasteiger partial charge in [-0.25, -0.2) is 14.3 Å². The summed E-state index contributed by atoms with van der Waals surface area (Å²) >= 11 is 0. The number of hydrogen-bond acceptors (Lipinski definition) is 4. The normalized spacial score (nSPS) is 17.0. The van der Waals surface area contributed by atoms with Gasteiger partial charge in [-0.05, 0) is 44.0 Å². The van der Waals surface area contributed by atoms with Crippen LogP contribution < -0.4 is 10.8 Å². The Hall–Kier alpha value is -2.50. The highest BCUT2D eigenvalue weighted by Crippen LogP contribution is 2.27. The van der Waals surface area contributed by atoms with E-state index in [0.717, 1.165) is 18.3 Å². The Bertz CT molecular complexity index is 704. The average molecular weight is 352 g/mol. The van der Waals surface area contributed by atoms with E-state index in [0.29, 0.717) is 18.4 Å². The van der Waals surface area contributed by atoms with Gasteiger partial charge in [0.1, 0.15) is 6.04 Å². The van der Waals surface area contributed by atoms with Gasteiger partial charge in [0.15, 0.2) is 5.60 Å². The maximum atomic E-state index is 12.9. The topological polar surface area (TPSA) is 98.7 Å². The molecule has 0 unspecified atom stereocenters. The fourth-order valence-electron chi connectivity index (χ4n) is 2.00. The first kappa shape index (κ1) is 18.8. The molecular weight excluding hydrogens is 334 g/mol. The average Bonchev–Trinajstić information content (AvgIpc) is 3.41.